The second kappa shape index (κ2) is 6.54. The summed E-state index contributed by atoms with van der Waals surface area (Å²) in [7, 11) is 0. The molecule has 180 valence electrons. The lowest BCUT2D eigenvalue weighted by Crippen LogP contribution is -2.54. The number of imide groups is 1. The van der Waals surface area contributed by atoms with Crippen molar-refractivity contribution in [3.8, 4) is 11.5 Å². The van der Waals surface area contributed by atoms with E-state index in [0.29, 0.717) is 30.9 Å². The second-order valence-electron chi connectivity index (χ2n) is 9.40. The second-order valence-corrected chi connectivity index (χ2v) is 9.40. The zero-order valence-electron chi connectivity index (χ0n) is 18.1. The van der Waals surface area contributed by atoms with E-state index in [-0.39, 0.29) is 23.7 Å². The fourth-order valence-corrected chi connectivity index (χ4v) is 6.75. The molecule has 8 nitrogen and oxygen atoms in total. The van der Waals surface area contributed by atoms with Crippen LogP contribution in [0.1, 0.15) is 24.0 Å². The van der Waals surface area contributed by atoms with E-state index in [1.807, 2.05) is 0 Å². The van der Waals surface area contributed by atoms with Gasteiger partial charge in [-0.2, -0.15) is 13.2 Å². The van der Waals surface area contributed by atoms with Crippen LogP contribution in [0.15, 0.2) is 36.4 Å². The number of rotatable bonds is 1. The third-order valence-corrected chi connectivity index (χ3v) is 7.95. The van der Waals surface area contributed by atoms with Crippen molar-refractivity contribution in [1.29, 1.82) is 0 Å². The van der Waals surface area contributed by atoms with Gasteiger partial charge in [-0.1, -0.05) is 12.1 Å². The summed E-state index contributed by atoms with van der Waals surface area (Å²) < 4.78 is 52.1. The molecule has 0 aromatic heterocycles. The number of amides is 3. The van der Waals surface area contributed by atoms with E-state index in [1.165, 1.54) is 18.2 Å². The first-order chi connectivity index (χ1) is 16.7. The maximum atomic E-state index is 13.9. The van der Waals surface area contributed by atoms with Gasteiger partial charge in [0.25, 0.3) is 0 Å². The van der Waals surface area contributed by atoms with Crippen LogP contribution in [0.25, 0.3) is 0 Å². The monoisotopic (exact) mass is 485 g/mol. The molecule has 0 unspecified atom stereocenters. The summed E-state index contributed by atoms with van der Waals surface area (Å²) in [4.78, 5) is 44.1. The lowest BCUT2D eigenvalue weighted by Gasteiger charge is -2.36. The summed E-state index contributed by atoms with van der Waals surface area (Å²) in [5.74, 6) is -2.88. The molecule has 3 fully saturated rings. The summed E-state index contributed by atoms with van der Waals surface area (Å²) in [6.45, 7) is 0.427. The number of nitrogens with zero attached hydrogens (tertiary/aromatic N) is 2. The third-order valence-electron chi connectivity index (χ3n) is 7.95. The fourth-order valence-electron chi connectivity index (χ4n) is 6.75. The number of nitrogens with one attached hydrogen (secondary N) is 1. The van der Waals surface area contributed by atoms with Crippen LogP contribution in [-0.4, -0.2) is 42.0 Å². The molecule has 0 aliphatic carbocycles. The molecule has 5 aliphatic rings. The minimum atomic E-state index is -4.69. The molecule has 1 spiro atoms. The number of hydrogen-bond acceptors (Lipinski definition) is 6. The van der Waals surface area contributed by atoms with Crippen LogP contribution >= 0.6 is 0 Å². The van der Waals surface area contributed by atoms with Gasteiger partial charge in [-0.15, -0.1) is 0 Å². The van der Waals surface area contributed by atoms with Crippen LogP contribution < -0.4 is 19.7 Å². The highest BCUT2D eigenvalue weighted by atomic mass is 19.4. The Morgan fingerprint density at radius 3 is 2.63 bits per heavy atom. The number of hydrogen-bond donors (Lipinski definition) is 1. The third kappa shape index (κ3) is 2.38. The SMILES string of the molecule is O=C1[C@H]2[C@@H](C(=O)N1c1ccc3c(c1)OCO3)[C@@]1(C(=O)Nc3c(C(F)(F)F)cccc31)N1CCC[C@@H]21. The highest BCUT2D eigenvalue weighted by Gasteiger charge is 2.75. The van der Waals surface area contributed by atoms with Crippen LogP contribution in [0, 0.1) is 11.8 Å². The first-order valence-electron chi connectivity index (χ1n) is 11.3. The molecule has 0 saturated carbocycles. The molecule has 0 radical (unpaired) electrons. The minimum Gasteiger partial charge on any atom is -0.454 e. The molecule has 4 atom stereocenters. The topological polar surface area (TPSA) is 88.2 Å². The van der Waals surface area contributed by atoms with Crippen molar-refractivity contribution in [2.45, 2.75) is 30.6 Å². The number of ether oxygens (including phenoxy) is 2. The van der Waals surface area contributed by atoms with Gasteiger partial charge in [-0.25, -0.2) is 4.90 Å². The number of para-hydroxylation sites is 1. The van der Waals surface area contributed by atoms with E-state index in [4.69, 9.17) is 9.47 Å². The van der Waals surface area contributed by atoms with Gasteiger partial charge in [0.05, 0.1) is 28.8 Å². The Morgan fingerprint density at radius 2 is 1.83 bits per heavy atom. The largest absolute Gasteiger partial charge is 0.454 e. The van der Waals surface area contributed by atoms with E-state index in [9.17, 15) is 27.6 Å². The smallest absolute Gasteiger partial charge is 0.418 e. The lowest BCUT2D eigenvalue weighted by atomic mass is 9.75. The number of fused-ring (bicyclic) bond motifs is 8. The quantitative estimate of drug-likeness (QED) is 0.626. The summed E-state index contributed by atoms with van der Waals surface area (Å²) in [6, 6.07) is 7.88. The Hall–Kier alpha value is -3.60. The predicted octanol–water partition coefficient (Wildman–Crippen LogP) is 2.87. The van der Waals surface area contributed by atoms with Crippen molar-refractivity contribution < 1.29 is 37.0 Å². The fraction of sp³-hybridized carbons (Fsp3) is 0.375. The molecule has 1 N–H and O–H groups in total. The zero-order chi connectivity index (χ0) is 24.3. The van der Waals surface area contributed by atoms with Crippen LogP contribution in [0.4, 0.5) is 24.5 Å². The standard InChI is InChI=1S/C24H18F3N3O5/c25-24(26,27)13-4-1-3-12-19(13)28-22(33)23(12)18-17(14-5-2-8-29(14)23)20(31)30(21(18)32)11-6-7-15-16(9-11)35-10-34-15/h1,3-4,6-7,9,14,17-18H,2,5,8,10H2,(H,28,33)/t14-,17+,18-,23-/m0/s1. The Morgan fingerprint density at radius 1 is 1.03 bits per heavy atom. The van der Waals surface area contributed by atoms with E-state index >= 15 is 0 Å². The average Bonchev–Trinajstić information content (AvgIpc) is 3.59. The van der Waals surface area contributed by atoms with Crippen molar-refractivity contribution in [2.75, 3.05) is 23.6 Å². The Balaban J connectivity index is 1.41. The maximum absolute atomic E-state index is 13.9. The number of benzene rings is 2. The Labute approximate surface area is 196 Å². The highest BCUT2D eigenvalue weighted by molar-refractivity contribution is 6.26. The number of carbonyl (C=O) groups excluding carboxylic acids is 3. The van der Waals surface area contributed by atoms with E-state index in [0.717, 1.165) is 11.0 Å². The summed E-state index contributed by atoms with van der Waals surface area (Å²) >= 11 is 0. The van der Waals surface area contributed by atoms with Gasteiger partial charge in [0.1, 0.15) is 5.54 Å². The van der Waals surface area contributed by atoms with Crippen molar-refractivity contribution in [3.05, 3.63) is 47.5 Å². The summed E-state index contributed by atoms with van der Waals surface area (Å²) in [6.07, 6.45) is -3.46. The predicted molar refractivity (Wildman–Crippen MR) is 114 cm³/mol. The van der Waals surface area contributed by atoms with Crippen molar-refractivity contribution >= 4 is 29.1 Å². The Bertz CT molecular complexity index is 1340. The molecule has 7 rings (SSSR count). The molecule has 3 saturated heterocycles. The molecule has 35 heavy (non-hydrogen) atoms. The number of anilines is 2. The summed E-state index contributed by atoms with van der Waals surface area (Å²) in [5.41, 5.74) is -2.60. The van der Waals surface area contributed by atoms with Crippen LogP contribution in [0.5, 0.6) is 11.5 Å². The van der Waals surface area contributed by atoms with Gasteiger partial charge in [0, 0.05) is 17.7 Å². The highest BCUT2D eigenvalue weighted by Crippen LogP contribution is 2.61. The number of alkyl halides is 3. The normalized spacial score (nSPS) is 30.8. The van der Waals surface area contributed by atoms with Crippen LogP contribution in [0.2, 0.25) is 0 Å². The van der Waals surface area contributed by atoms with Crippen molar-refractivity contribution in [1.82, 2.24) is 4.90 Å². The number of halogens is 3. The number of carbonyl (C=O) groups is 3. The van der Waals surface area contributed by atoms with Crippen LogP contribution in [-0.2, 0) is 26.1 Å². The van der Waals surface area contributed by atoms with Gasteiger partial charge < -0.3 is 14.8 Å². The minimum absolute atomic E-state index is 0.0184. The lowest BCUT2D eigenvalue weighted by molar-refractivity contribution is -0.137. The molecule has 5 aliphatic heterocycles. The maximum Gasteiger partial charge on any atom is 0.418 e. The van der Waals surface area contributed by atoms with Gasteiger partial charge in [0.15, 0.2) is 11.5 Å². The first-order valence-corrected chi connectivity index (χ1v) is 11.3. The van der Waals surface area contributed by atoms with Gasteiger partial charge in [0.2, 0.25) is 24.5 Å². The Kier molecular flexibility index (Phi) is 3.87. The molecule has 11 heteroatoms. The van der Waals surface area contributed by atoms with Crippen molar-refractivity contribution in [3.63, 3.8) is 0 Å². The van der Waals surface area contributed by atoms with Crippen LogP contribution in [0.3, 0.4) is 0 Å². The molecule has 5 heterocycles. The summed E-state index contributed by atoms with van der Waals surface area (Å²) in [5, 5.41) is 2.44. The average molecular weight is 485 g/mol. The van der Waals surface area contributed by atoms with Gasteiger partial charge in [-0.05, 0) is 37.6 Å². The molecule has 2 aromatic carbocycles. The molecule has 3 amide bonds. The molecular formula is C24H18F3N3O5. The van der Waals surface area contributed by atoms with E-state index in [1.54, 1.807) is 17.0 Å². The first kappa shape index (κ1) is 20.7. The zero-order valence-corrected chi connectivity index (χ0v) is 18.1. The van der Waals surface area contributed by atoms with Gasteiger partial charge in [-0.3, -0.25) is 19.3 Å². The molecule has 2 aromatic rings. The van der Waals surface area contributed by atoms with Gasteiger partial charge >= 0.3 is 6.18 Å². The van der Waals surface area contributed by atoms with E-state index < -0.39 is 52.9 Å². The van der Waals surface area contributed by atoms with Crippen molar-refractivity contribution in [2.24, 2.45) is 11.8 Å². The van der Waals surface area contributed by atoms with E-state index in [2.05, 4.69) is 5.32 Å². The molecule has 0 bridgehead atoms. The molecular weight excluding hydrogens is 467 g/mol.